The maximum Gasteiger partial charge on any atom is 0.244 e. The maximum absolute atomic E-state index is 12.1. The summed E-state index contributed by atoms with van der Waals surface area (Å²) in [7, 11) is 0. The first kappa shape index (κ1) is 11.8. The summed E-state index contributed by atoms with van der Waals surface area (Å²) in [6.07, 6.45) is 3.55. The van der Waals surface area contributed by atoms with Crippen molar-refractivity contribution in [1.29, 1.82) is 0 Å². The number of nitrogens with one attached hydrogen (secondary N) is 1. The first-order valence-electron chi connectivity index (χ1n) is 6.00. The quantitative estimate of drug-likeness (QED) is 0.787. The van der Waals surface area contributed by atoms with Gasteiger partial charge >= 0.3 is 0 Å². The van der Waals surface area contributed by atoms with E-state index in [1.165, 1.54) is 6.42 Å². The Labute approximate surface area is 101 Å². The van der Waals surface area contributed by atoms with E-state index in [9.17, 15) is 4.79 Å². The van der Waals surface area contributed by atoms with Crippen LogP contribution in [0.25, 0.3) is 0 Å². The SMILES string of the molecule is CC(NC1=NCCS1)C(=O)N1CCCCC1. The zero-order valence-electron chi connectivity index (χ0n) is 9.74. The van der Waals surface area contributed by atoms with Crippen LogP contribution in [0.3, 0.4) is 0 Å². The molecule has 1 amide bonds. The number of thioether (sulfide) groups is 1. The Balaban J connectivity index is 1.83. The first-order chi connectivity index (χ1) is 7.77. The van der Waals surface area contributed by atoms with E-state index in [4.69, 9.17) is 0 Å². The van der Waals surface area contributed by atoms with Crippen molar-refractivity contribution in [2.75, 3.05) is 25.4 Å². The summed E-state index contributed by atoms with van der Waals surface area (Å²) in [4.78, 5) is 18.4. The number of carbonyl (C=O) groups excluding carboxylic acids is 1. The van der Waals surface area contributed by atoms with E-state index >= 15 is 0 Å². The van der Waals surface area contributed by atoms with E-state index in [1.54, 1.807) is 11.8 Å². The Hall–Kier alpha value is -0.710. The second kappa shape index (κ2) is 5.57. The number of aliphatic imine (C=N–C) groups is 1. The Bertz CT molecular complexity index is 287. The van der Waals surface area contributed by atoms with Gasteiger partial charge in [0.25, 0.3) is 0 Å². The predicted octanol–water partition coefficient (Wildman–Crippen LogP) is 1.08. The van der Waals surface area contributed by atoms with Crippen LogP contribution in [0.4, 0.5) is 0 Å². The van der Waals surface area contributed by atoms with Crippen LogP contribution in [0.5, 0.6) is 0 Å². The Morgan fingerprint density at radius 2 is 2.19 bits per heavy atom. The fourth-order valence-electron chi connectivity index (χ4n) is 2.06. The lowest BCUT2D eigenvalue weighted by Crippen LogP contribution is -2.47. The van der Waals surface area contributed by atoms with Crippen LogP contribution in [0.1, 0.15) is 26.2 Å². The summed E-state index contributed by atoms with van der Waals surface area (Å²) in [6, 6.07) is -0.137. The van der Waals surface area contributed by atoms with Crippen LogP contribution < -0.4 is 5.32 Å². The Morgan fingerprint density at radius 3 is 2.81 bits per heavy atom. The molecule has 0 saturated carbocycles. The van der Waals surface area contributed by atoms with E-state index in [2.05, 4.69) is 10.3 Å². The summed E-state index contributed by atoms with van der Waals surface area (Å²) in [5, 5.41) is 4.13. The number of hydrogen-bond donors (Lipinski definition) is 1. The molecule has 2 rings (SSSR count). The molecule has 0 spiro atoms. The van der Waals surface area contributed by atoms with Crippen LogP contribution in [0.2, 0.25) is 0 Å². The fourth-order valence-corrected chi connectivity index (χ4v) is 2.88. The van der Waals surface area contributed by atoms with E-state index in [0.29, 0.717) is 0 Å². The van der Waals surface area contributed by atoms with Crippen LogP contribution >= 0.6 is 11.8 Å². The van der Waals surface area contributed by atoms with Gasteiger partial charge in [-0.2, -0.15) is 0 Å². The van der Waals surface area contributed by atoms with Crippen molar-refractivity contribution < 1.29 is 4.79 Å². The molecular formula is C11H19N3OS. The number of piperidine rings is 1. The minimum absolute atomic E-state index is 0.137. The normalized spacial score (nSPS) is 22.8. The van der Waals surface area contributed by atoms with Crippen molar-refractivity contribution in [3.63, 3.8) is 0 Å². The number of hydrogen-bond acceptors (Lipinski definition) is 4. The molecule has 2 aliphatic heterocycles. The van der Waals surface area contributed by atoms with Gasteiger partial charge in [0.15, 0.2) is 5.17 Å². The Morgan fingerprint density at radius 1 is 1.44 bits per heavy atom. The molecule has 16 heavy (non-hydrogen) atoms. The highest BCUT2D eigenvalue weighted by molar-refractivity contribution is 8.14. The minimum Gasteiger partial charge on any atom is -0.353 e. The second-order valence-electron chi connectivity index (χ2n) is 4.29. The second-order valence-corrected chi connectivity index (χ2v) is 5.37. The van der Waals surface area contributed by atoms with Gasteiger partial charge in [-0.15, -0.1) is 0 Å². The zero-order chi connectivity index (χ0) is 11.4. The number of amides is 1. The standard InChI is InChI=1S/C11H19N3OS/c1-9(13-11-12-5-8-16-11)10(15)14-6-3-2-4-7-14/h9H,2-8H2,1H3,(H,12,13). The largest absolute Gasteiger partial charge is 0.353 e. The molecule has 5 heteroatoms. The molecule has 4 nitrogen and oxygen atoms in total. The zero-order valence-corrected chi connectivity index (χ0v) is 10.6. The average Bonchev–Trinajstić information content (AvgIpc) is 2.82. The Kier molecular flexibility index (Phi) is 4.09. The number of nitrogens with zero attached hydrogens (tertiary/aromatic N) is 2. The summed E-state index contributed by atoms with van der Waals surface area (Å²) in [6.45, 7) is 4.64. The van der Waals surface area contributed by atoms with Crippen LogP contribution in [-0.4, -0.2) is 47.4 Å². The van der Waals surface area contributed by atoms with E-state index in [1.807, 2.05) is 11.8 Å². The molecule has 1 fully saturated rings. The lowest BCUT2D eigenvalue weighted by Gasteiger charge is -2.29. The van der Waals surface area contributed by atoms with Gasteiger partial charge in [-0.05, 0) is 26.2 Å². The van der Waals surface area contributed by atoms with Gasteiger partial charge in [-0.1, -0.05) is 11.8 Å². The van der Waals surface area contributed by atoms with Gasteiger partial charge in [0.05, 0.1) is 6.54 Å². The van der Waals surface area contributed by atoms with Crippen molar-refractivity contribution in [2.45, 2.75) is 32.2 Å². The average molecular weight is 241 g/mol. The number of carbonyl (C=O) groups is 1. The summed E-state index contributed by atoms with van der Waals surface area (Å²) < 4.78 is 0. The molecule has 1 unspecified atom stereocenters. The third-order valence-corrected chi connectivity index (χ3v) is 3.87. The third kappa shape index (κ3) is 2.90. The van der Waals surface area contributed by atoms with Gasteiger partial charge in [0.1, 0.15) is 6.04 Å². The molecule has 0 aromatic carbocycles. The van der Waals surface area contributed by atoms with Gasteiger partial charge in [-0.25, -0.2) is 0 Å². The highest BCUT2D eigenvalue weighted by atomic mass is 32.2. The lowest BCUT2D eigenvalue weighted by molar-refractivity contribution is -0.133. The lowest BCUT2D eigenvalue weighted by atomic mass is 10.1. The van der Waals surface area contributed by atoms with E-state index in [0.717, 1.165) is 43.4 Å². The van der Waals surface area contributed by atoms with Crippen molar-refractivity contribution in [1.82, 2.24) is 10.2 Å². The van der Waals surface area contributed by atoms with Gasteiger partial charge in [0, 0.05) is 18.8 Å². The molecule has 0 aromatic heterocycles. The molecule has 0 bridgehead atoms. The fraction of sp³-hybridized carbons (Fsp3) is 0.818. The van der Waals surface area contributed by atoms with Gasteiger partial charge in [-0.3, -0.25) is 9.79 Å². The molecule has 0 radical (unpaired) electrons. The van der Waals surface area contributed by atoms with Crippen molar-refractivity contribution in [3.8, 4) is 0 Å². The predicted molar refractivity (Wildman–Crippen MR) is 67.8 cm³/mol. The maximum atomic E-state index is 12.1. The van der Waals surface area contributed by atoms with Crippen LogP contribution in [0, 0.1) is 0 Å². The molecule has 90 valence electrons. The minimum atomic E-state index is -0.137. The number of rotatable bonds is 2. The number of likely N-dealkylation sites (tertiary alicyclic amines) is 1. The van der Waals surface area contributed by atoms with E-state index < -0.39 is 0 Å². The summed E-state index contributed by atoms with van der Waals surface area (Å²) >= 11 is 1.70. The van der Waals surface area contributed by atoms with E-state index in [-0.39, 0.29) is 11.9 Å². The molecule has 1 N–H and O–H groups in total. The van der Waals surface area contributed by atoms with Crippen LogP contribution in [0.15, 0.2) is 4.99 Å². The topological polar surface area (TPSA) is 44.7 Å². The molecule has 2 heterocycles. The molecule has 1 atom stereocenters. The summed E-state index contributed by atoms with van der Waals surface area (Å²) in [5.41, 5.74) is 0. The van der Waals surface area contributed by atoms with Crippen molar-refractivity contribution in [3.05, 3.63) is 0 Å². The van der Waals surface area contributed by atoms with Crippen molar-refractivity contribution >= 4 is 22.8 Å². The molecule has 1 saturated heterocycles. The number of amidine groups is 1. The monoisotopic (exact) mass is 241 g/mol. The highest BCUT2D eigenvalue weighted by Gasteiger charge is 2.23. The van der Waals surface area contributed by atoms with Gasteiger partial charge in [0.2, 0.25) is 5.91 Å². The van der Waals surface area contributed by atoms with Crippen LogP contribution in [-0.2, 0) is 4.79 Å². The molecule has 0 aromatic rings. The van der Waals surface area contributed by atoms with Crippen molar-refractivity contribution in [2.24, 2.45) is 4.99 Å². The van der Waals surface area contributed by atoms with Gasteiger partial charge < -0.3 is 10.2 Å². The molecule has 0 aliphatic carbocycles. The smallest absolute Gasteiger partial charge is 0.244 e. The molecular weight excluding hydrogens is 222 g/mol. The first-order valence-corrected chi connectivity index (χ1v) is 6.98. The molecule has 2 aliphatic rings. The highest BCUT2D eigenvalue weighted by Crippen LogP contribution is 2.12. The third-order valence-electron chi connectivity index (χ3n) is 2.96. The summed E-state index contributed by atoms with van der Waals surface area (Å²) in [5.74, 6) is 1.25.